The van der Waals surface area contributed by atoms with Crippen molar-refractivity contribution in [2.24, 2.45) is 5.92 Å². The fourth-order valence-electron chi connectivity index (χ4n) is 0.928. The van der Waals surface area contributed by atoms with E-state index in [-0.39, 0.29) is 5.41 Å². The number of hydrogen-bond donors (Lipinski definition) is 2. The van der Waals surface area contributed by atoms with Crippen LogP contribution >= 0.6 is 11.5 Å². The highest BCUT2D eigenvalue weighted by Gasteiger charge is 2.20. The molecule has 0 radical (unpaired) electrons. The molecule has 2 N–H and O–H groups in total. The highest BCUT2D eigenvalue weighted by Crippen LogP contribution is 2.22. The third-order valence-electron chi connectivity index (χ3n) is 2.08. The van der Waals surface area contributed by atoms with Gasteiger partial charge in [-0.1, -0.05) is 27.7 Å². The van der Waals surface area contributed by atoms with Crippen LogP contribution < -0.4 is 5.32 Å². The van der Waals surface area contributed by atoms with Crippen molar-refractivity contribution in [3.05, 3.63) is 5.82 Å². The fraction of sp³-hybridized carbons (Fsp3) is 0.700. The van der Waals surface area contributed by atoms with Gasteiger partial charge in [0.05, 0.1) is 5.92 Å². The summed E-state index contributed by atoms with van der Waals surface area (Å²) in [6.07, 6.45) is 0. The molecule has 0 saturated carbocycles. The van der Waals surface area contributed by atoms with Crippen LogP contribution in [0.2, 0.25) is 0 Å². The zero-order chi connectivity index (χ0) is 12.3. The van der Waals surface area contributed by atoms with Crippen LogP contribution in [0.5, 0.6) is 0 Å². The van der Waals surface area contributed by atoms with Crippen LogP contribution in [0, 0.1) is 5.92 Å². The van der Waals surface area contributed by atoms with Gasteiger partial charge in [0.15, 0.2) is 0 Å². The lowest BCUT2D eigenvalue weighted by atomic mass is 9.96. The number of nitrogens with zero attached hydrogens (tertiary/aromatic N) is 2. The summed E-state index contributed by atoms with van der Waals surface area (Å²) in [5, 5.41) is 12.4. The maximum atomic E-state index is 10.6. The van der Waals surface area contributed by atoms with Crippen molar-refractivity contribution in [3.8, 4) is 0 Å². The van der Waals surface area contributed by atoms with Crippen LogP contribution in [0.25, 0.3) is 0 Å². The highest BCUT2D eigenvalue weighted by atomic mass is 32.1. The quantitative estimate of drug-likeness (QED) is 0.845. The molecule has 0 spiro atoms. The second-order valence-electron chi connectivity index (χ2n) is 4.79. The van der Waals surface area contributed by atoms with E-state index in [1.54, 1.807) is 6.92 Å². The number of hydrogen-bond acceptors (Lipinski definition) is 5. The average molecular weight is 243 g/mol. The summed E-state index contributed by atoms with van der Waals surface area (Å²) in [7, 11) is 0. The number of carboxylic acid groups (broad SMARTS) is 1. The van der Waals surface area contributed by atoms with E-state index in [0.29, 0.717) is 11.7 Å². The Morgan fingerprint density at radius 2 is 2.19 bits per heavy atom. The predicted molar refractivity (Wildman–Crippen MR) is 63.9 cm³/mol. The first kappa shape index (κ1) is 12.9. The molecule has 1 aromatic rings. The molecule has 5 nitrogen and oxygen atoms in total. The van der Waals surface area contributed by atoms with E-state index in [0.717, 1.165) is 5.82 Å². The van der Waals surface area contributed by atoms with Crippen LogP contribution in [-0.2, 0) is 10.2 Å². The molecule has 1 aromatic heterocycles. The Balaban J connectivity index is 2.57. The molecule has 90 valence electrons. The predicted octanol–water partition coefficient (Wildman–Crippen LogP) is 1.97. The number of anilines is 1. The van der Waals surface area contributed by atoms with E-state index >= 15 is 0 Å². The van der Waals surface area contributed by atoms with Crippen molar-refractivity contribution in [1.29, 1.82) is 0 Å². The lowest BCUT2D eigenvalue weighted by Gasteiger charge is -2.12. The molecule has 0 saturated heterocycles. The van der Waals surface area contributed by atoms with Crippen molar-refractivity contribution in [2.45, 2.75) is 33.1 Å². The Kier molecular flexibility index (Phi) is 3.85. The van der Waals surface area contributed by atoms with Gasteiger partial charge in [-0.25, -0.2) is 4.98 Å². The van der Waals surface area contributed by atoms with Gasteiger partial charge in [-0.3, -0.25) is 4.79 Å². The smallest absolute Gasteiger partial charge is 0.308 e. The third kappa shape index (κ3) is 3.44. The first-order valence-electron chi connectivity index (χ1n) is 5.11. The first-order chi connectivity index (χ1) is 7.30. The SMILES string of the molecule is CC(CNc1nc(C(C)(C)C)ns1)C(=O)O. The molecular formula is C10H17N3O2S. The van der Waals surface area contributed by atoms with Crippen LogP contribution in [0.3, 0.4) is 0 Å². The maximum absolute atomic E-state index is 10.6. The van der Waals surface area contributed by atoms with Gasteiger partial charge in [-0.05, 0) is 0 Å². The highest BCUT2D eigenvalue weighted by molar-refractivity contribution is 7.09. The summed E-state index contributed by atoms with van der Waals surface area (Å²) in [6.45, 7) is 8.14. The van der Waals surface area contributed by atoms with E-state index in [1.807, 2.05) is 20.8 Å². The number of nitrogens with one attached hydrogen (secondary N) is 1. The minimum atomic E-state index is -0.812. The van der Waals surface area contributed by atoms with Crippen molar-refractivity contribution in [1.82, 2.24) is 9.36 Å². The van der Waals surface area contributed by atoms with Crippen LogP contribution in [0.1, 0.15) is 33.5 Å². The standard InChI is InChI=1S/C10H17N3O2S/c1-6(7(14)15)5-11-9-12-8(13-16-9)10(2,3)4/h6H,5H2,1-4H3,(H,14,15)(H,11,12,13). The fourth-order valence-corrected chi connectivity index (χ4v) is 1.69. The van der Waals surface area contributed by atoms with E-state index in [4.69, 9.17) is 5.11 Å². The van der Waals surface area contributed by atoms with Crippen molar-refractivity contribution in [3.63, 3.8) is 0 Å². The second-order valence-corrected chi connectivity index (χ2v) is 5.55. The van der Waals surface area contributed by atoms with Gasteiger partial charge >= 0.3 is 5.97 Å². The minimum absolute atomic E-state index is 0.0746. The van der Waals surface area contributed by atoms with Gasteiger partial charge in [0.1, 0.15) is 5.82 Å². The van der Waals surface area contributed by atoms with Gasteiger partial charge in [0.25, 0.3) is 0 Å². The van der Waals surface area contributed by atoms with E-state index < -0.39 is 11.9 Å². The monoisotopic (exact) mass is 243 g/mol. The number of aliphatic carboxylic acids is 1. The molecule has 0 aliphatic heterocycles. The Morgan fingerprint density at radius 3 is 2.62 bits per heavy atom. The minimum Gasteiger partial charge on any atom is -0.481 e. The van der Waals surface area contributed by atoms with Gasteiger partial charge in [-0.15, -0.1) is 0 Å². The Morgan fingerprint density at radius 1 is 1.56 bits per heavy atom. The third-order valence-corrected chi connectivity index (χ3v) is 2.75. The molecule has 0 bridgehead atoms. The molecule has 0 aromatic carbocycles. The van der Waals surface area contributed by atoms with E-state index in [1.165, 1.54) is 11.5 Å². The van der Waals surface area contributed by atoms with Crippen LogP contribution in [0.4, 0.5) is 5.13 Å². The van der Waals surface area contributed by atoms with Gasteiger partial charge in [0.2, 0.25) is 5.13 Å². The Hall–Kier alpha value is -1.17. The van der Waals surface area contributed by atoms with Crippen LogP contribution in [-0.4, -0.2) is 27.0 Å². The number of rotatable bonds is 4. The topological polar surface area (TPSA) is 75.1 Å². The number of carbonyl (C=O) groups is 1. The zero-order valence-electron chi connectivity index (χ0n) is 9.94. The summed E-state index contributed by atoms with van der Waals surface area (Å²) in [4.78, 5) is 14.9. The van der Waals surface area contributed by atoms with Crippen molar-refractivity contribution >= 4 is 22.6 Å². The summed E-state index contributed by atoms with van der Waals surface area (Å²) in [6, 6.07) is 0. The number of aromatic nitrogens is 2. The van der Waals surface area contributed by atoms with Gasteiger partial charge < -0.3 is 10.4 Å². The molecular weight excluding hydrogens is 226 g/mol. The number of carboxylic acids is 1. The Labute approximate surface area is 99.1 Å². The summed E-state index contributed by atoms with van der Waals surface area (Å²) < 4.78 is 4.23. The molecule has 0 aliphatic carbocycles. The summed E-state index contributed by atoms with van der Waals surface area (Å²) in [5.41, 5.74) is -0.0746. The molecule has 16 heavy (non-hydrogen) atoms. The maximum Gasteiger partial charge on any atom is 0.308 e. The lowest BCUT2D eigenvalue weighted by molar-refractivity contribution is -0.140. The molecule has 1 heterocycles. The zero-order valence-corrected chi connectivity index (χ0v) is 10.8. The Bertz CT molecular complexity index is 370. The molecule has 1 rings (SSSR count). The van der Waals surface area contributed by atoms with Crippen molar-refractivity contribution in [2.75, 3.05) is 11.9 Å². The molecule has 0 aliphatic rings. The summed E-state index contributed by atoms with van der Waals surface area (Å²) in [5.74, 6) is -0.460. The van der Waals surface area contributed by atoms with Gasteiger partial charge in [0, 0.05) is 23.5 Å². The van der Waals surface area contributed by atoms with Crippen LogP contribution in [0.15, 0.2) is 0 Å². The largest absolute Gasteiger partial charge is 0.481 e. The molecule has 6 heteroatoms. The molecule has 0 fully saturated rings. The summed E-state index contributed by atoms with van der Waals surface area (Å²) >= 11 is 1.26. The second kappa shape index (κ2) is 4.78. The molecule has 0 amide bonds. The lowest BCUT2D eigenvalue weighted by Crippen LogP contribution is -2.19. The first-order valence-corrected chi connectivity index (χ1v) is 5.89. The van der Waals surface area contributed by atoms with E-state index in [2.05, 4.69) is 14.7 Å². The van der Waals surface area contributed by atoms with Crippen molar-refractivity contribution < 1.29 is 9.90 Å². The van der Waals surface area contributed by atoms with E-state index in [9.17, 15) is 4.79 Å². The molecule has 1 atom stereocenters. The normalized spacial score (nSPS) is 13.5. The average Bonchev–Trinajstić information content (AvgIpc) is 2.61. The molecule has 1 unspecified atom stereocenters. The van der Waals surface area contributed by atoms with Gasteiger partial charge in [-0.2, -0.15) is 4.37 Å².